The third kappa shape index (κ3) is 3.68. The van der Waals surface area contributed by atoms with Gasteiger partial charge in [0.15, 0.2) is 5.78 Å². The number of halogens is 2. The van der Waals surface area contributed by atoms with Crippen LogP contribution in [0.25, 0.3) is 0 Å². The average Bonchev–Trinajstić information content (AvgIpc) is 2.47. The predicted molar refractivity (Wildman–Crippen MR) is 82.3 cm³/mol. The number of carbonyl (C=O) groups excluding carboxylic acids is 2. The normalized spacial score (nSPS) is 10.1. The zero-order valence-electron chi connectivity index (χ0n) is 10.4. The largest absolute Gasteiger partial charge is 0.345 e. The quantitative estimate of drug-likeness (QED) is 0.853. The number of benzene rings is 2. The van der Waals surface area contributed by atoms with Gasteiger partial charge in [-0.25, -0.2) is 0 Å². The SMILES string of the molecule is O=C(CNC(=O)c1cc(Cl)ccc1Br)c1ccccc1. The summed E-state index contributed by atoms with van der Waals surface area (Å²) < 4.78 is 0.631. The zero-order valence-corrected chi connectivity index (χ0v) is 12.7. The second-order valence-electron chi connectivity index (χ2n) is 4.10. The standard InChI is InChI=1S/C15H11BrClNO2/c16-13-7-6-11(17)8-12(13)15(20)18-9-14(19)10-4-2-1-3-5-10/h1-8H,9H2,(H,18,20). The van der Waals surface area contributed by atoms with Crippen molar-refractivity contribution in [2.24, 2.45) is 0 Å². The molecule has 0 atom stereocenters. The molecule has 0 radical (unpaired) electrons. The first-order valence-corrected chi connectivity index (χ1v) is 7.06. The summed E-state index contributed by atoms with van der Waals surface area (Å²) in [6.07, 6.45) is 0. The Morgan fingerprint density at radius 3 is 2.50 bits per heavy atom. The van der Waals surface area contributed by atoms with Crippen molar-refractivity contribution in [1.29, 1.82) is 0 Å². The molecule has 5 heteroatoms. The molecule has 0 bridgehead atoms. The smallest absolute Gasteiger partial charge is 0.252 e. The monoisotopic (exact) mass is 351 g/mol. The first kappa shape index (κ1) is 14.8. The minimum Gasteiger partial charge on any atom is -0.345 e. The van der Waals surface area contributed by atoms with E-state index in [2.05, 4.69) is 21.2 Å². The molecule has 0 heterocycles. The van der Waals surface area contributed by atoms with Crippen LogP contribution in [-0.2, 0) is 0 Å². The highest BCUT2D eigenvalue weighted by atomic mass is 79.9. The Bertz CT molecular complexity index is 644. The predicted octanol–water partition coefficient (Wildman–Crippen LogP) is 3.72. The summed E-state index contributed by atoms with van der Waals surface area (Å²) in [5, 5.41) is 3.05. The molecule has 1 N–H and O–H groups in total. The highest BCUT2D eigenvalue weighted by molar-refractivity contribution is 9.10. The van der Waals surface area contributed by atoms with Gasteiger partial charge >= 0.3 is 0 Å². The average molecular weight is 353 g/mol. The summed E-state index contributed by atoms with van der Waals surface area (Å²) in [5.74, 6) is -0.485. The molecule has 102 valence electrons. The van der Waals surface area contributed by atoms with Crippen LogP contribution in [0.4, 0.5) is 0 Å². The molecule has 2 aromatic rings. The minimum absolute atomic E-state index is 0.0538. The molecule has 2 rings (SSSR count). The van der Waals surface area contributed by atoms with Crippen LogP contribution in [0.3, 0.4) is 0 Å². The molecule has 0 aliphatic carbocycles. The van der Waals surface area contributed by atoms with Crippen LogP contribution >= 0.6 is 27.5 Å². The minimum atomic E-state index is -0.344. The van der Waals surface area contributed by atoms with Crippen LogP contribution in [-0.4, -0.2) is 18.2 Å². The van der Waals surface area contributed by atoms with Crippen LogP contribution in [0.1, 0.15) is 20.7 Å². The Hall–Kier alpha value is -1.65. The Labute approximate surface area is 130 Å². The van der Waals surface area contributed by atoms with Gasteiger partial charge in [-0.15, -0.1) is 0 Å². The van der Waals surface area contributed by atoms with Gasteiger partial charge in [0.05, 0.1) is 12.1 Å². The Morgan fingerprint density at radius 2 is 1.80 bits per heavy atom. The maximum Gasteiger partial charge on any atom is 0.252 e. The van der Waals surface area contributed by atoms with E-state index in [9.17, 15) is 9.59 Å². The maximum absolute atomic E-state index is 12.0. The van der Waals surface area contributed by atoms with Crippen molar-refractivity contribution in [3.63, 3.8) is 0 Å². The molecular weight excluding hydrogens is 342 g/mol. The van der Waals surface area contributed by atoms with E-state index in [0.717, 1.165) is 0 Å². The summed E-state index contributed by atoms with van der Waals surface area (Å²) in [5.41, 5.74) is 0.969. The number of hydrogen-bond donors (Lipinski definition) is 1. The number of Topliss-reactive ketones (excluding diaryl/α,β-unsaturated/α-hetero) is 1. The van der Waals surface area contributed by atoms with Crippen molar-refractivity contribution in [2.45, 2.75) is 0 Å². The van der Waals surface area contributed by atoms with E-state index in [1.165, 1.54) is 0 Å². The van der Waals surface area contributed by atoms with Crippen molar-refractivity contribution >= 4 is 39.2 Å². The van der Waals surface area contributed by atoms with Gasteiger partial charge in [0.25, 0.3) is 5.91 Å². The fraction of sp³-hybridized carbons (Fsp3) is 0.0667. The number of hydrogen-bond acceptors (Lipinski definition) is 2. The molecule has 0 aliphatic heterocycles. The third-order valence-electron chi connectivity index (χ3n) is 2.68. The Kier molecular flexibility index (Phi) is 4.93. The van der Waals surface area contributed by atoms with Crippen LogP contribution < -0.4 is 5.32 Å². The fourth-order valence-corrected chi connectivity index (χ4v) is 2.25. The summed E-state index contributed by atoms with van der Waals surface area (Å²) in [7, 11) is 0. The van der Waals surface area contributed by atoms with Crippen molar-refractivity contribution in [3.05, 3.63) is 69.2 Å². The summed E-state index contributed by atoms with van der Waals surface area (Å²) in [6, 6.07) is 13.7. The molecule has 0 saturated heterocycles. The van der Waals surface area contributed by atoms with Crippen LogP contribution in [0.2, 0.25) is 5.02 Å². The number of carbonyl (C=O) groups is 2. The van der Waals surface area contributed by atoms with Gasteiger partial charge in [0.1, 0.15) is 0 Å². The van der Waals surface area contributed by atoms with Gasteiger partial charge in [-0.05, 0) is 34.1 Å². The molecular formula is C15H11BrClNO2. The van der Waals surface area contributed by atoms with Crippen molar-refractivity contribution in [3.8, 4) is 0 Å². The van der Waals surface area contributed by atoms with E-state index >= 15 is 0 Å². The van der Waals surface area contributed by atoms with Crippen LogP contribution in [0.15, 0.2) is 53.0 Å². The van der Waals surface area contributed by atoms with Crippen molar-refractivity contribution < 1.29 is 9.59 Å². The van der Waals surface area contributed by atoms with Gasteiger partial charge in [-0.2, -0.15) is 0 Å². The molecule has 0 spiro atoms. The molecule has 1 amide bonds. The molecule has 20 heavy (non-hydrogen) atoms. The molecule has 0 aromatic heterocycles. The van der Waals surface area contributed by atoms with Gasteiger partial charge < -0.3 is 5.32 Å². The third-order valence-corrected chi connectivity index (χ3v) is 3.60. The van der Waals surface area contributed by atoms with Crippen LogP contribution in [0.5, 0.6) is 0 Å². The number of ketones is 1. The van der Waals surface area contributed by atoms with Gasteiger partial charge in [-0.3, -0.25) is 9.59 Å². The van der Waals surface area contributed by atoms with Crippen LogP contribution in [0, 0.1) is 0 Å². The Balaban J connectivity index is 2.02. The van der Waals surface area contributed by atoms with Gasteiger partial charge in [-0.1, -0.05) is 41.9 Å². The number of nitrogens with one attached hydrogen (secondary N) is 1. The molecule has 0 aliphatic rings. The second kappa shape index (κ2) is 6.68. The molecule has 2 aromatic carbocycles. The second-order valence-corrected chi connectivity index (χ2v) is 5.39. The molecule has 0 unspecified atom stereocenters. The van der Waals surface area contributed by atoms with E-state index in [0.29, 0.717) is 20.6 Å². The summed E-state index contributed by atoms with van der Waals surface area (Å²) in [4.78, 5) is 23.9. The lowest BCUT2D eigenvalue weighted by Gasteiger charge is -2.07. The number of amides is 1. The lowest BCUT2D eigenvalue weighted by atomic mass is 10.1. The summed E-state index contributed by atoms with van der Waals surface area (Å²) >= 11 is 9.13. The van der Waals surface area contributed by atoms with E-state index in [4.69, 9.17) is 11.6 Å². The first-order valence-electron chi connectivity index (χ1n) is 5.89. The van der Waals surface area contributed by atoms with E-state index < -0.39 is 0 Å². The van der Waals surface area contributed by atoms with Crippen molar-refractivity contribution in [2.75, 3.05) is 6.54 Å². The topological polar surface area (TPSA) is 46.2 Å². The van der Waals surface area contributed by atoms with Gasteiger partial charge in [0.2, 0.25) is 0 Å². The molecule has 3 nitrogen and oxygen atoms in total. The highest BCUT2D eigenvalue weighted by Crippen LogP contribution is 2.20. The molecule has 0 saturated carbocycles. The van der Waals surface area contributed by atoms with E-state index in [1.807, 2.05) is 6.07 Å². The molecule has 0 fully saturated rings. The lowest BCUT2D eigenvalue weighted by molar-refractivity contribution is 0.0903. The summed E-state index contributed by atoms with van der Waals surface area (Å²) in [6.45, 7) is -0.0538. The van der Waals surface area contributed by atoms with E-state index in [-0.39, 0.29) is 18.2 Å². The van der Waals surface area contributed by atoms with Crippen molar-refractivity contribution in [1.82, 2.24) is 5.32 Å². The van der Waals surface area contributed by atoms with Gasteiger partial charge in [0, 0.05) is 15.1 Å². The highest BCUT2D eigenvalue weighted by Gasteiger charge is 2.12. The lowest BCUT2D eigenvalue weighted by Crippen LogP contribution is -2.29. The maximum atomic E-state index is 12.0. The fourth-order valence-electron chi connectivity index (χ4n) is 1.65. The first-order chi connectivity index (χ1) is 9.58. The number of rotatable bonds is 4. The van der Waals surface area contributed by atoms with E-state index in [1.54, 1.807) is 42.5 Å². The Morgan fingerprint density at radius 1 is 1.10 bits per heavy atom. The zero-order chi connectivity index (χ0) is 14.5.